The van der Waals surface area contributed by atoms with Crippen LogP contribution in [0.3, 0.4) is 0 Å². The van der Waals surface area contributed by atoms with Crippen LogP contribution in [0.15, 0.2) is 5.38 Å². The molecule has 1 saturated carbocycles. The Balaban J connectivity index is 1.77. The van der Waals surface area contributed by atoms with E-state index in [0.717, 1.165) is 12.3 Å². The summed E-state index contributed by atoms with van der Waals surface area (Å²) in [6.07, 6.45) is 6.68. The highest BCUT2D eigenvalue weighted by Gasteiger charge is 2.47. The molecule has 0 radical (unpaired) electrons. The molecule has 0 amide bonds. The number of hydrogen-bond donors (Lipinski definition) is 1. The van der Waals surface area contributed by atoms with Gasteiger partial charge < -0.3 is 5.32 Å². The second kappa shape index (κ2) is 4.31. The van der Waals surface area contributed by atoms with Gasteiger partial charge in [0.25, 0.3) is 0 Å². The van der Waals surface area contributed by atoms with Crippen molar-refractivity contribution < 1.29 is 0 Å². The number of aromatic nitrogens is 1. The van der Waals surface area contributed by atoms with Gasteiger partial charge >= 0.3 is 0 Å². The van der Waals surface area contributed by atoms with Crippen LogP contribution < -0.4 is 5.32 Å². The summed E-state index contributed by atoms with van der Waals surface area (Å²) in [7, 11) is 0. The zero-order chi connectivity index (χ0) is 12.8. The third-order valence-electron chi connectivity index (χ3n) is 4.42. The Hall–Kier alpha value is -0.410. The van der Waals surface area contributed by atoms with Crippen LogP contribution in [0.25, 0.3) is 0 Å². The molecule has 0 aromatic carbocycles. The minimum atomic E-state index is 0.185. The van der Waals surface area contributed by atoms with Gasteiger partial charge in [-0.15, -0.1) is 11.3 Å². The van der Waals surface area contributed by atoms with Crippen molar-refractivity contribution in [3.05, 3.63) is 16.1 Å². The Kier molecular flexibility index (Phi) is 3.02. The summed E-state index contributed by atoms with van der Waals surface area (Å²) < 4.78 is 0. The fraction of sp³-hybridized carbons (Fsp3) is 0.800. The quantitative estimate of drug-likeness (QED) is 0.903. The molecular weight excluding hydrogens is 240 g/mol. The van der Waals surface area contributed by atoms with Gasteiger partial charge in [0.15, 0.2) is 0 Å². The van der Waals surface area contributed by atoms with E-state index in [0.29, 0.717) is 5.54 Å². The summed E-state index contributed by atoms with van der Waals surface area (Å²) in [5.41, 5.74) is 1.84. The Morgan fingerprint density at radius 1 is 1.44 bits per heavy atom. The molecular formula is C15H24N2S. The molecule has 1 aromatic rings. The Bertz CT molecular complexity index is 420. The minimum absolute atomic E-state index is 0.185. The van der Waals surface area contributed by atoms with E-state index in [2.05, 4.69) is 31.5 Å². The van der Waals surface area contributed by atoms with Gasteiger partial charge in [-0.3, -0.25) is 0 Å². The maximum atomic E-state index is 4.88. The molecule has 0 spiro atoms. The summed E-state index contributed by atoms with van der Waals surface area (Å²) in [5.74, 6) is 0.919. The lowest BCUT2D eigenvalue weighted by Crippen LogP contribution is -2.44. The zero-order valence-electron chi connectivity index (χ0n) is 11.8. The normalized spacial score (nSPS) is 28.8. The van der Waals surface area contributed by atoms with E-state index in [-0.39, 0.29) is 5.41 Å². The number of nitrogens with zero attached hydrogens (tertiary/aromatic N) is 1. The lowest BCUT2D eigenvalue weighted by molar-refractivity contribution is 0.322. The van der Waals surface area contributed by atoms with Crippen molar-refractivity contribution in [1.82, 2.24) is 10.3 Å². The van der Waals surface area contributed by atoms with Crippen LogP contribution in [-0.2, 0) is 11.8 Å². The van der Waals surface area contributed by atoms with Crippen LogP contribution in [-0.4, -0.2) is 17.1 Å². The van der Waals surface area contributed by atoms with Gasteiger partial charge in [-0.25, -0.2) is 4.98 Å². The lowest BCUT2D eigenvalue weighted by Gasteiger charge is -2.28. The summed E-state index contributed by atoms with van der Waals surface area (Å²) in [5, 5.41) is 7.38. The summed E-state index contributed by atoms with van der Waals surface area (Å²) >= 11 is 1.86. The number of nitrogens with one attached hydrogen (secondary N) is 1. The first-order chi connectivity index (χ1) is 8.50. The molecule has 1 atom stereocenters. The Morgan fingerprint density at radius 3 is 2.72 bits per heavy atom. The second-order valence-electron chi connectivity index (χ2n) is 7.01. The van der Waals surface area contributed by atoms with Crippen LogP contribution >= 0.6 is 11.3 Å². The fourth-order valence-electron chi connectivity index (χ4n) is 3.12. The van der Waals surface area contributed by atoms with E-state index in [4.69, 9.17) is 4.98 Å². The van der Waals surface area contributed by atoms with Crippen molar-refractivity contribution in [2.24, 2.45) is 5.92 Å². The summed E-state index contributed by atoms with van der Waals surface area (Å²) in [6.45, 7) is 7.94. The standard InChI is InChI=1S/C15H24N2S/c1-14(2,3)12-10-18-13(17-12)9-15(11-5-6-11)7-4-8-16-15/h10-11,16H,4-9H2,1-3H3. The van der Waals surface area contributed by atoms with Gasteiger partial charge in [-0.05, 0) is 38.1 Å². The molecule has 1 aromatic heterocycles. The minimum Gasteiger partial charge on any atom is -0.311 e. The van der Waals surface area contributed by atoms with Crippen molar-refractivity contribution in [1.29, 1.82) is 0 Å². The Labute approximate surface area is 114 Å². The fourth-order valence-corrected chi connectivity index (χ4v) is 4.26. The van der Waals surface area contributed by atoms with E-state index in [1.165, 1.54) is 42.9 Å². The third-order valence-corrected chi connectivity index (χ3v) is 5.27. The lowest BCUT2D eigenvalue weighted by atomic mass is 9.88. The molecule has 2 aliphatic rings. The van der Waals surface area contributed by atoms with Gasteiger partial charge in [0.05, 0.1) is 10.7 Å². The molecule has 18 heavy (non-hydrogen) atoms. The average molecular weight is 264 g/mol. The van der Waals surface area contributed by atoms with E-state index < -0.39 is 0 Å². The monoisotopic (exact) mass is 264 g/mol. The molecule has 2 fully saturated rings. The first-order valence-electron chi connectivity index (χ1n) is 7.20. The van der Waals surface area contributed by atoms with Gasteiger partial charge in [-0.1, -0.05) is 20.8 Å². The zero-order valence-corrected chi connectivity index (χ0v) is 12.6. The van der Waals surface area contributed by atoms with Crippen LogP contribution in [0.1, 0.15) is 57.2 Å². The SMILES string of the molecule is CC(C)(C)c1csc(CC2(C3CC3)CCCN2)n1. The molecule has 2 nitrogen and oxygen atoms in total. The van der Waals surface area contributed by atoms with Crippen molar-refractivity contribution in [3.63, 3.8) is 0 Å². The molecule has 1 saturated heterocycles. The van der Waals surface area contributed by atoms with Crippen LogP contribution in [0.2, 0.25) is 0 Å². The van der Waals surface area contributed by atoms with Crippen molar-refractivity contribution in [3.8, 4) is 0 Å². The molecule has 1 aliphatic carbocycles. The molecule has 1 unspecified atom stereocenters. The number of thiazole rings is 1. The van der Waals surface area contributed by atoms with Gasteiger partial charge in [-0.2, -0.15) is 0 Å². The van der Waals surface area contributed by atoms with E-state index >= 15 is 0 Å². The molecule has 0 bridgehead atoms. The Morgan fingerprint density at radius 2 is 2.22 bits per heavy atom. The second-order valence-corrected chi connectivity index (χ2v) is 7.96. The van der Waals surface area contributed by atoms with Gasteiger partial charge in [0, 0.05) is 22.8 Å². The highest BCUT2D eigenvalue weighted by Crippen LogP contribution is 2.46. The average Bonchev–Trinajstić information content (AvgIpc) is 2.87. The molecule has 1 N–H and O–H groups in total. The van der Waals surface area contributed by atoms with Gasteiger partial charge in [0.2, 0.25) is 0 Å². The van der Waals surface area contributed by atoms with Crippen molar-refractivity contribution in [2.75, 3.05) is 6.54 Å². The van der Waals surface area contributed by atoms with E-state index in [1.807, 2.05) is 11.3 Å². The van der Waals surface area contributed by atoms with Gasteiger partial charge in [0.1, 0.15) is 0 Å². The predicted molar refractivity (Wildman–Crippen MR) is 77.2 cm³/mol. The molecule has 100 valence electrons. The largest absolute Gasteiger partial charge is 0.311 e. The molecule has 3 rings (SSSR count). The van der Waals surface area contributed by atoms with E-state index in [9.17, 15) is 0 Å². The first-order valence-corrected chi connectivity index (χ1v) is 8.07. The highest BCUT2D eigenvalue weighted by molar-refractivity contribution is 7.09. The van der Waals surface area contributed by atoms with Crippen LogP contribution in [0.5, 0.6) is 0 Å². The topological polar surface area (TPSA) is 24.9 Å². The highest BCUT2D eigenvalue weighted by atomic mass is 32.1. The van der Waals surface area contributed by atoms with Crippen molar-refractivity contribution >= 4 is 11.3 Å². The summed E-state index contributed by atoms with van der Waals surface area (Å²) in [4.78, 5) is 4.88. The molecule has 3 heteroatoms. The van der Waals surface area contributed by atoms with Crippen LogP contribution in [0, 0.1) is 5.92 Å². The smallest absolute Gasteiger partial charge is 0.0947 e. The predicted octanol–water partition coefficient (Wildman–Crippen LogP) is 3.52. The first kappa shape index (κ1) is 12.6. The van der Waals surface area contributed by atoms with E-state index in [1.54, 1.807) is 0 Å². The van der Waals surface area contributed by atoms with Crippen molar-refractivity contribution in [2.45, 2.75) is 63.8 Å². The molecule has 2 heterocycles. The maximum Gasteiger partial charge on any atom is 0.0947 e. The van der Waals surface area contributed by atoms with Crippen LogP contribution in [0.4, 0.5) is 0 Å². The molecule has 1 aliphatic heterocycles. The number of hydrogen-bond acceptors (Lipinski definition) is 3. The maximum absolute atomic E-state index is 4.88. The summed E-state index contributed by atoms with van der Waals surface area (Å²) in [6, 6.07) is 0. The third kappa shape index (κ3) is 2.35. The number of rotatable bonds is 3.